The quantitative estimate of drug-likeness (QED) is 0.149. The summed E-state index contributed by atoms with van der Waals surface area (Å²) in [6.07, 6.45) is -1.65. The van der Waals surface area contributed by atoms with Crippen molar-refractivity contribution in [3.63, 3.8) is 0 Å². The van der Waals surface area contributed by atoms with E-state index in [1.807, 2.05) is 0 Å². The number of hydrogen-bond donors (Lipinski definition) is 6. The Morgan fingerprint density at radius 3 is 1.52 bits per heavy atom. The van der Waals surface area contributed by atoms with Crippen LogP contribution in [0.15, 0.2) is 0 Å². The molecular weight excluding hydrogens is 416 g/mol. The first-order chi connectivity index (χ1) is 14.2. The molecule has 0 spiro atoms. The van der Waals surface area contributed by atoms with Crippen LogP contribution in [0.2, 0.25) is 0 Å². The van der Waals surface area contributed by atoms with Gasteiger partial charge in [0.25, 0.3) is 0 Å². The van der Waals surface area contributed by atoms with Crippen LogP contribution in [0.25, 0.3) is 0 Å². The summed E-state index contributed by atoms with van der Waals surface area (Å²) >= 11 is 0. The molecule has 0 aliphatic carbocycles. The number of ether oxygens (including phenoxy) is 2. The number of primary amides is 2. The first-order valence-electron chi connectivity index (χ1n) is 9.30. The minimum absolute atomic E-state index is 0.333. The van der Waals surface area contributed by atoms with Crippen molar-refractivity contribution in [1.82, 2.24) is 10.6 Å². The lowest BCUT2D eigenvalue weighted by Gasteiger charge is -2.20. The van der Waals surface area contributed by atoms with Gasteiger partial charge >= 0.3 is 11.9 Å². The molecule has 0 radical (unpaired) electrons. The Bertz CT molecular complexity index is 700. The van der Waals surface area contributed by atoms with Crippen LogP contribution >= 0.6 is 0 Å². The van der Waals surface area contributed by atoms with Gasteiger partial charge in [-0.15, -0.1) is 0 Å². The van der Waals surface area contributed by atoms with Gasteiger partial charge in [-0.2, -0.15) is 0 Å². The fourth-order valence-corrected chi connectivity index (χ4v) is 2.04. The van der Waals surface area contributed by atoms with Gasteiger partial charge in [0, 0.05) is 0 Å². The molecule has 0 unspecified atom stereocenters. The maximum absolute atomic E-state index is 12.0. The largest absolute Gasteiger partial charge is 0.460 e. The Labute approximate surface area is 178 Å². The molecular formula is C17H30N6O8. The van der Waals surface area contributed by atoms with Crippen molar-refractivity contribution in [2.75, 3.05) is 6.61 Å². The van der Waals surface area contributed by atoms with Gasteiger partial charge in [0.05, 0.1) is 24.9 Å². The van der Waals surface area contributed by atoms with Gasteiger partial charge in [-0.25, -0.2) is 9.59 Å². The van der Waals surface area contributed by atoms with Gasteiger partial charge in [0.1, 0.15) is 24.8 Å². The molecule has 0 heterocycles. The van der Waals surface area contributed by atoms with Crippen LogP contribution in [-0.4, -0.2) is 72.4 Å². The highest BCUT2D eigenvalue weighted by atomic mass is 16.6. The van der Waals surface area contributed by atoms with E-state index in [0.717, 1.165) is 0 Å². The lowest BCUT2D eigenvalue weighted by Crippen LogP contribution is -2.49. The lowest BCUT2D eigenvalue weighted by atomic mass is 10.2. The van der Waals surface area contributed by atoms with Crippen molar-refractivity contribution >= 4 is 35.6 Å². The van der Waals surface area contributed by atoms with E-state index in [-0.39, 0.29) is 19.4 Å². The third-order valence-corrected chi connectivity index (χ3v) is 3.72. The van der Waals surface area contributed by atoms with Crippen molar-refractivity contribution in [3.8, 4) is 0 Å². The highest BCUT2D eigenvalue weighted by Crippen LogP contribution is 2.00. The Kier molecular flexibility index (Phi) is 11.7. The zero-order valence-corrected chi connectivity index (χ0v) is 17.6. The molecule has 176 valence electrons. The Balaban J connectivity index is 4.42. The maximum atomic E-state index is 12.0. The van der Waals surface area contributed by atoms with E-state index in [9.17, 15) is 28.8 Å². The second-order valence-electron chi connectivity index (χ2n) is 6.89. The van der Waals surface area contributed by atoms with Crippen molar-refractivity contribution in [2.24, 2.45) is 22.9 Å². The highest BCUT2D eigenvalue weighted by Gasteiger charge is 2.25. The zero-order chi connectivity index (χ0) is 24.3. The Morgan fingerprint density at radius 2 is 1.13 bits per heavy atom. The van der Waals surface area contributed by atoms with Gasteiger partial charge < -0.3 is 43.0 Å². The molecule has 0 bridgehead atoms. The monoisotopic (exact) mass is 446 g/mol. The van der Waals surface area contributed by atoms with Gasteiger partial charge in [0.15, 0.2) is 0 Å². The van der Waals surface area contributed by atoms with E-state index in [1.54, 1.807) is 0 Å². The number of carbonyl (C=O) groups is 6. The number of hydrogen-bond acceptors (Lipinski definition) is 10. The summed E-state index contributed by atoms with van der Waals surface area (Å²) in [5, 5.41) is 4.54. The Hall–Kier alpha value is -3.26. The van der Waals surface area contributed by atoms with Gasteiger partial charge in [-0.1, -0.05) is 0 Å². The minimum atomic E-state index is -1.21. The second-order valence-corrected chi connectivity index (χ2v) is 6.89. The average molecular weight is 446 g/mol. The number of nitrogens with two attached hydrogens (primary N) is 4. The van der Waals surface area contributed by atoms with Crippen LogP contribution in [0.3, 0.4) is 0 Å². The van der Waals surface area contributed by atoms with E-state index < -0.39 is 65.8 Å². The fraction of sp³-hybridized carbons (Fsp3) is 0.647. The van der Waals surface area contributed by atoms with Crippen LogP contribution in [0.5, 0.6) is 0 Å². The van der Waals surface area contributed by atoms with Crippen molar-refractivity contribution in [3.05, 3.63) is 0 Å². The summed E-state index contributed by atoms with van der Waals surface area (Å²) in [5.74, 6) is -4.73. The van der Waals surface area contributed by atoms with E-state index in [2.05, 4.69) is 10.6 Å². The van der Waals surface area contributed by atoms with Crippen LogP contribution in [0.4, 0.5) is 0 Å². The summed E-state index contributed by atoms with van der Waals surface area (Å²) in [6, 6.07) is -4.59. The zero-order valence-electron chi connectivity index (χ0n) is 17.6. The highest BCUT2D eigenvalue weighted by molar-refractivity contribution is 5.91. The summed E-state index contributed by atoms with van der Waals surface area (Å²) in [4.78, 5) is 69.0. The molecule has 10 N–H and O–H groups in total. The molecule has 0 saturated heterocycles. The third-order valence-electron chi connectivity index (χ3n) is 3.72. The third kappa shape index (κ3) is 11.5. The fourth-order valence-electron chi connectivity index (χ4n) is 2.04. The van der Waals surface area contributed by atoms with E-state index in [0.29, 0.717) is 0 Å². The lowest BCUT2D eigenvalue weighted by molar-refractivity contribution is -0.160. The smallest absolute Gasteiger partial charge is 0.328 e. The van der Waals surface area contributed by atoms with Crippen molar-refractivity contribution < 1.29 is 38.2 Å². The number of nitrogens with one attached hydrogen (secondary N) is 2. The molecule has 0 aromatic carbocycles. The molecule has 0 aromatic heterocycles. The van der Waals surface area contributed by atoms with Gasteiger partial charge in [0.2, 0.25) is 23.6 Å². The van der Waals surface area contributed by atoms with Crippen LogP contribution in [-0.2, 0) is 38.2 Å². The van der Waals surface area contributed by atoms with Crippen LogP contribution in [0.1, 0.15) is 33.6 Å². The molecule has 0 fully saturated rings. The molecule has 14 nitrogen and oxygen atoms in total. The molecule has 31 heavy (non-hydrogen) atoms. The summed E-state index contributed by atoms with van der Waals surface area (Å²) in [5.41, 5.74) is 20.8. The first-order valence-corrected chi connectivity index (χ1v) is 9.30. The van der Waals surface area contributed by atoms with E-state index in [1.165, 1.54) is 20.8 Å². The average Bonchev–Trinajstić information content (AvgIpc) is 2.64. The molecule has 14 heteroatoms. The molecule has 0 aromatic rings. The first kappa shape index (κ1) is 27.7. The Morgan fingerprint density at radius 1 is 0.742 bits per heavy atom. The second kappa shape index (κ2) is 13.1. The number of esters is 2. The number of rotatable bonds is 13. The molecule has 0 aliphatic rings. The normalized spacial score (nSPS) is 15.4. The topological polar surface area (TPSA) is 249 Å². The predicted octanol–water partition coefficient (Wildman–Crippen LogP) is -4.12. The van der Waals surface area contributed by atoms with Crippen molar-refractivity contribution in [1.29, 1.82) is 0 Å². The number of amides is 4. The molecule has 0 saturated carbocycles. The summed E-state index contributed by atoms with van der Waals surface area (Å²) < 4.78 is 9.99. The molecule has 5 atom stereocenters. The van der Waals surface area contributed by atoms with E-state index >= 15 is 0 Å². The summed E-state index contributed by atoms with van der Waals surface area (Å²) in [6.45, 7) is 3.77. The molecule has 0 rings (SSSR count). The minimum Gasteiger partial charge on any atom is -0.460 e. The predicted molar refractivity (Wildman–Crippen MR) is 105 cm³/mol. The van der Waals surface area contributed by atoms with E-state index in [4.69, 9.17) is 32.4 Å². The molecule has 4 amide bonds. The summed E-state index contributed by atoms with van der Waals surface area (Å²) in [7, 11) is 0. The van der Waals surface area contributed by atoms with Crippen LogP contribution in [0, 0.1) is 0 Å². The van der Waals surface area contributed by atoms with Crippen LogP contribution < -0.4 is 33.6 Å². The van der Waals surface area contributed by atoms with Crippen molar-refractivity contribution in [2.45, 2.75) is 63.9 Å². The van der Waals surface area contributed by atoms with Gasteiger partial charge in [-0.3, -0.25) is 19.2 Å². The maximum Gasteiger partial charge on any atom is 0.328 e. The SMILES string of the molecule is C[C@H](NC(=O)[C@@H](N)CC(N)=O)C(=O)OC[C@H](C)OC(=O)[C@H](C)NC(=O)[C@@H](N)CC(N)=O. The molecule has 0 aliphatic heterocycles. The number of carbonyl (C=O) groups excluding carboxylic acids is 6. The van der Waals surface area contributed by atoms with Gasteiger partial charge in [-0.05, 0) is 20.8 Å². The standard InChI is InChI=1S/C17H30N6O8/c1-7(31-17(29)9(3)23-15(27)11(19)5-13(21)25)6-30-16(28)8(2)22-14(26)10(18)4-12(20)24/h7-11H,4-6,18-19H2,1-3H3,(H2,20,24)(H2,21,25)(H,22,26)(H,23,27)/t7-,8-,9-,10-,11-/m0/s1.